The molecule has 1 aliphatic rings. The van der Waals surface area contributed by atoms with Crippen LogP contribution in [0.25, 0.3) is 5.69 Å². The molecule has 1 saturated heterocycles. The minimum absolute atomic E-state index is 0. The van der Waals surface area contributed by atoms with Crippen LogP contribution in [0.2, 0.25) is 0 Å². The first kappa shape index (κ1) is 20.1. The summed E-state index contributed by atoms with van der Waals surface area (Å²) in [4.78, 5) is 26.5. The highest BCUT2D eigenvalue weighted by Crippen LogP contribution is 2.20. The first-order valence-corrected chi connectivity index (χ1v) is 8.37. The lowest BCUT2D eigenvalue weighted by Crippen LogP contribution is -2.43. The minimum atomic E-state index is -0.402. The van der Waals surface area contributed by atoms with Gasteiger partial charge < -0.3 is 10.6 Å². The molecule has 1 atom stereocenters. The summed E-state index contributed by atoms with van der Waals surface area (Å²) in [5.74, 6) is -0.190. The molecule has 1 aliphatic heterocycles. The molecule has 0 saturated carbocycles. The van der Waals surface area contributed by atoms with Crippen LogP contribution >= 0.6 is 12.4 Å². The highest BCUT2D eigenvalue weighted by molar-refractivity contribution is 5.92. The van der Waals surface area contributed by atoms with Gasteiger partial charge in [-0.25, -0.2) is 4.39 Å². The van der Waals surface area contributed by atoms with Crippen LogP contribution in [-0.4, -0.2) is 39.7 Å². The molecule has 2 aromatic rings. The Balaban J connectivity index is 0.00000243. The number of halogens is 2. The van der Waals surface area contributed by atoms with E-state index in [0.717, 1.165) is 17.5 Å². The van der Waals surface area contributed by atoms with Crippen molar-refractivity contribution >= 4 is 18.3 Å². The number of aromatic nitrogens is 2. The van der Waals surface area contributed by atoms with E-state index in [1.807, 2.05) is 6.92 Å². The molecule has 6 nitrogen and oxygen atoms in total. The number of carbonyl (C=O) groups excluding carboxylic acids is 1. The molecule has 8 heteroatoms. The van der Waals surface area contributed by atoms with E-state index in [2.05, 4.69) is 5.10 Å². The third-order valence-electron chi connectivity index (χ3n) is 4.66. The summed E-state index contributed by atoms with van der Waals surface area (Å²) in [7, 11) is 0. The number of nitrogens with two attached hydrogens (primary N) is 1. The molecule has 0 radical (unpaired) electrons. The Morgan fingerprint density at radius 3 is 2.38 bits per heavy atom. The normalized spacial score (nSPS) is 16.0. The van der Waals surface area contributed by atoms with Gasteiger partial charge in [-0.1, -0.05) is 0 Å². The summed E-state index contributed by atoms with van der Waals surface area (Å²) in [5.41, 5.74) is 6.17. The zero-order valence-corrected chi connectivity index (χ0v) is 15.3. The molecule has 1 aromatic heterocycles. The molecule has 140 valence electrons. The number of likely N-dealkylation sites (tertiary alicyclic amines) is 1. The number of hydrogen-bond donors (Lipinski definition) is 1. The first-order chi connectivity index (χ1) is 12.0. The van der Waals surface area contributed by atoms with E-state index >= 15 is 0 Å². The lowest BCUT2D eigenvalue weighted by atomic mass is 9.91. The Bertz CT molecular complexity index is 815. The van der Waals surface area contributed by atoms with Gasteiger partial charge in [-0.15, -0.1) is 12.4 Å². The molecule has 1 amide bonds. The van der Waals surface area contributed by atoms with Crippen molar-refractivity contribution in [2.45, 2.75) is 25.8 Å². The van der Waals surface area contributed by atoms with Crippen molar-refractivity contribution in [3.05, 3.63) is 58.3 Å². The number of benzene rings is 1. The fourth-order valence-corrected chi connectivity index (χ4v) is 3.08. The van der Waals surface area contributed by atoms with Gasteiger partial charge in [0, 0.05) is 25.2 Å². The zero-order chi connectivity index (χ0) is 18.0. The molecule has 0 aliphatic carbocycles. The van der Waals surface area contributed by atoms with Gasteiger partial charge in [0.15, 0.2) is 0 Å². The summed E-state index contributed by atoms with van der Waals surface area (Å²) < 4.78 is 14.2. The Morgan fingerprint density at radius 1 is 1.19 bits per heavy atom. The van der Waals surface area contributed by atoms with Crippen molar-refractivity contribution in [2.75, 3.05) is 13.1 Å². The summed E-state index contributed by atoms with van der Waals surface area (Å²) >= 11 is 0. The van der Waals surface area contributed by atoms with Crippen LogP contribution in [-0.2, 0) is 0 Å². The monoisotopic (exact) mass is 380 g/mol. The summed E-state index contributed by atoms with van der Waals surface area (Å²) in [6, 6.07) is 8.25. The second-order valence-electron chi connectivity index (χ2n) is 6.43. The van der Waals surface area contributed by atoms with Crippen molar-refractivity contribution in [3.8, 4) is 5.69 Å². The average Bonchev–Trinajstić information content (AvgIpc) is 2.62. The molecule has 3 rings (SSSR count). The van der Waals surface area contributed by atoms with Gasteiger partial charge in [-0.2, -0.15) is 9.78 Å². The lowest BCUT2D eigenvalue weighted by molar-refractivity contribution is 0.0673. The van der Waals surface area contributed by atoms with E-state index in [1.54, 1.807) is 4.90 Å². The minimum Gasteiger partial charge on any atom is -0.337 e. The number of carbonyl (C=O) groups is 1. The maximum atomic E-state index is 13.1. The molecular weight excluding hydrogens is 359 g/mol. The lowest BCUT2D eigenvalue weighted by Gasteiger charge is -2.33. The number of piperidine rings is 1. The Kier molecular flexibility index (Phi) is 6.50. The molecule has 0 spiro atoms. The highest BCUT2D eigenvalue weighted by atomic mass is 35.5. The third kappa shape index (κ3) is 4.28. The molecule has 1 unspecified atom stereocenters. The second-order valence-corrected chi connectivity index (χ2v) is 6.43. The Labute approximate surface area is 157 Å². The van der Waals surface area contributed by atoms with Crippen LogP contribution in [0.3, 0.4) is 0 Å². The fourth-order valence-electron chi connectivity index (χ4n) is 3.08. The van der Waals surface area contributed by atoms with E-state index < -0.39 is 5.82 Å². The van der Waals surface area contributed by atoms with Crippen molar-refractivity contribution in [2.24, 2.45) is 11.7 Å². The van der Waals surface area contributed by atoms with Gasteiger partial charge in [0.2, 0.25) is 0 Å². The van der Waals surface area contributed by atoms with Crippen LogP contribution < -0.4 is 11.3 Å². The number of rotatable bonds is 3. The molecule has 2 heterocycles. The van der Waals surface area contributed by atoms with Gasteiger partial charge in [-0.3, -0.25) is 9.59 Å². The largest absolute Gasteiger partial charge is 0.337 e. The van der Waals surface area contributed by atoms with E-state index in [1.165, 1.54) is 36.4 Å². The van der Waals surface area contributed by atoms with E-state index in [4.69, 9.17) is 5.73 Å². The van der Waals surface area contributed by atoms with Crippen LogP contribution in [0.15, 0.2) is 41.2 Å². The predicted octanol–water partition coefficient (Wildman–Crippen LogP) is 1.99. The first-order valence-electron chi connectivity index (χ1n) is 8.37. The van der Waals surface area contributed by atoms with Crippen LogP contribution in [0.4, 0.5) is 4.39 Å². The molecule has 26 heavy (non-hydrogen) atoms. The molecular formula is C18H22ClFN4O2. The van der Waals surface area contributed by atoms with E-state index in [-0.39, 0.29) is 35.6 Å². The maximum absolute atomic E-state index is 13.1. The van der Waals surface area contributed by atoms with E-state index in [9.17, 15) is 14.0 Å². The molecule has 1 fully saturated rings. The highest BCUT2D eigenvalue weighted by Gasteiger charge is 2.26. The summed E-state index contributed by atoms with van der Waals surface area (Å²) in [5, 5.41) is 4.17. The summed E-state index contributed by atoms with van der Waals surface area (Å²) in [6.07, 6.45) is 1.72. The molecule has 1 aromatic carbocycles. The van der Waals surface area contributed by atoms with Gasteiger partial charge in [0.1, 0.15) is 11.5 Å². The molecule has 2 N–H and O–H groups in total. The summed E-state index contributed by atoms with van der Waals surface area (Å²) in [6.45, 7) is 3.24. The number of nitrogens with zero attached hydrogens (tertiary/aromatic N) is 3. The van der Waals surface area contributed by atoms with Crippen molar-refractivity contribution in [3.63, 3.8) is 0 Å². The van der Waals surface area contributed by atoms with Crippen molar-refractivity contribution in [1.82, 2.24) is 14.7 Å². The predicted molar refractivity (Wildman–Crippen MR) is 99.3 cm³/mol. The quantitative estimate of drug-likeness (QED) is 0.882. The van der Waals surface area contributed by atoms with E-state index in [0.29, 0.717) is 24.7 Å². The van der Waals surface area contributed by atoms with Gasteiger partial charge in [0.25, 0.3) is 11.5 Å². The fraction of sp³-hybridized carbons (Fsp3) is 0.389. The Hall–Kier alpha value is -2.25. The van der Waals surface area contributed by atoms with Gasteiger partial charge >= 0.3 is 0 Å². The topological polar surface area (TPSA) is 81.2 Å². The number of hydrogen-bond acceptors (Lipinski definition) is 4. The van der Waals surface area contributed by atoms with Crippen molar-refractivity contribution in [1.29, 1.82) is 0 Å². The van der Waals surface area contributed by atoms with Crippen LogP contribution in [0, 0.1) is 11.7 Å². The second kappa shape index (κ2) is 8.42. The maximum Gasteiger partial charge on any atom is 0.274 e. The average molecular weight is 381 g/mol. The van der Waals surface area contributed by atoms with Crippen LogP contribution in [0.5, 0.6) is 0 Å². The molecule has 0 bridgehead atoms. The van der Waals surface area contributed by atoms with Crippen LogP contribution in [0.1, 0.15) is 30.3 Å². The Morgan fingerprint density at radius 2 is 1.81 bits per heavy atom. The smallest absolute Gasteiger partial charge is 0.274 e. The zero-order valence-electron chi connectivity index (χ0n) is 14.5. The van der Waals surface area contributed by atoms with Gasteiger partial charge in [0.05, 0.1) is 5.69 Å². The van der Waals surface area contributed by atoms with Gasteiger partial charge in [-0.05, 0) is 56.0 Å². The van der Waals surface area contributed by atoms with Crippen molar-refractivity contribution < 1.29 is 9.18 Å². The SMILES string of the molecule is CC(N)C1CCN(C(=O)c2ccc(=O)n(-c3ccc(F)cc3)n2)CC1.Cl. The standard InChI is InChI=1S/C18H21FN4O2.ClH/c1-12(20)13-8-10-22(11-9-13)18(25)16-6-7-17(24)23(21-16)15-4-2-14(19)3-5-15;/h2-7,12-13H,8-11,20H2,1H3;1H. The number of amides is 1. The third-order valence-corrected chi connectivity index (χ3v) is 4.66.